The molecule has 1 aromatic rings. The minimum absolute atomic E-state index is 0.0715. The molecule has 0 saturated heterocycles. The standard InChI is InChI=1S/C12H13F2N/c1-3-4-5-10(15)11-9(13)7-6-8(2)12(11)14/h6-7,10H,5,15H2,1-2H3. The van der Waals surface area contributed by atoms with Crippen LogP contribution in [0.3, 0.4) is 0 Å². The summed E-state index contributed by atoms with van der Waals surface area (Å²) in [4.78, 5) is 0. The summed E-state index contributed by atoms with van der Waals surface area (Å²) in [5.41, 5.74) is 5.99. The van der Waals surface area contributed by atoms with Crippen molar-refractivity contribution in [2.75, 3.05) is 0 Å². The molecule has 1 nitrogen and oxygen atoms in total. The van der Waals surface area contributed by atoms with E-state index in [9.17, 15) is 8.78 Å². The number of halogens is 2. The van der Waals surface area contributed by atoms with Crippen LogP contribution in [0.15, 0.2) is 12.1 Å². The first-order valence-corrected chi connectivity index (χ1v) is 4.67. The summed E-state index contributed by atoms with van der Waals surface area (Å²) in [7, 11) is 0. The number of aryl methyl sites for hydroxylation is 1. The monoisotopic (exact) mass is 209 g/mol. The summed E-state index contributed by atoms with van der Waals surface area (Å²) < 4.78 is 26.9. The predicted octanol–water partition coefficient (Wildman–Crippen LogP) is 2.69. The Kier molecular flexibility index (Phi) is 3.81. The van der Waals surface area contributed by atoms with Gasteiger partial charge in [0, 0.05) is 18.0 Å². The van der Waals surface area contributed by atoms with Gasteiger partial charge >= 0.3 is 0 Å². The Morgan fingerprint density at radius 3 is 2.67 bits per heavy atom. The van der Waals surface area contributed by atoms with E-state index in [0.29, 0.717) is 5.56 Å². The number of benzene rings is 1. The van der Waals surface area contributed by atoms with Crippen LogP contribution in [0, 0.1) is 30.4 Å². The molecule has 0 heterocycles. The van der Waals surface area contributed by atoms with Crippen molar-refractivity contribution in [1.82, 2.24) is 0 Å². The molecule has 0 aromatic heterocycles. The van der Waals surface area contributed by atoms with Crippen LogP contribution in [0.25, 0.3) is 0 Å². The fraction of sp³-hybridized carbons (Fsp3) is 0.333. The minimum Gasteiger partial charge on any atom is -0.323 e. The van der Waals surface area contributed by atoms with Crippen LogP contribution in [0.5, 0.6) is 0 Å². The van der Waals surface area contributed by atoms with E-state index in [-0.39, 0.29) is 12.0 Å². The Balaban J connectivity index is 3.10. The molecule has 15 heavy (non-hydrogen) atoms. The van der Waals surface area contributed by atoms with Crippen LogP contribution in [0.2, 0.25) is 0 Å². The Hall–Kier alpha value is -1.40. The summed E-state index contributed by atoms with van der Waals surface area (Å²) in [6.45, 7) is 3.24. The molecule has 0 fully saturated rings. The fourth-order valence-electron chi connectivity index (χ4n) is 1.33. The summed E-state index contributed by atoms with van der Waals surface area (Å²) in [6.07, 6.45) is 0.258. The van der Waals surface area contributed by atoms with E-state index in [4.69, 9.17) is 5.73 Å². The molecule has 0 radical (unpaired) electrons. The lowest BCUT2D eigenvalue weighted by molar-refractivity contribution is 0.524. The van der Waals surface area contributed by atoms with Crippen molar-refractivity contribution in [2.24, 2.45) is 5.73 Å². The van der Waals surface area contributed by atoms with E-state index in [2.05, 4.69) is 11.8 Å². The minimum atomic E-state index is -0.711. The third-order valence-electron chi connectivity index (χ3n) is 2.19. The summed E-state index contributed by atoms with van der Waals surface area (Å²) in [5.74, 6) is 4.18. The zero-order chi connectivity index (χ0) is 11.4. The first-order chi connectivity index (χ1) is 7.07. The molecule has 80 valence electrons. The van der Waals surface area contributed by atoms with Crippen molar-refractivity contribution in [3.63, 3.8) is 0 Å². The third kappa shape index (κ3) is 2.54. The average molecular weight is 209 g/mol. The third-order valence-corrected chi connectivity index (χ3v) is 2.19. The lowest BCUT2D eigenvalue weighted by Gasteiger charge is -2.12. The molecule has 0 saturated carbocycles. The smallest absolute Gasteiger partial charge is 0.133 e. The van der Waals surface area contributed by atoms with Crippen molar-refractivity contribution >= 4 is 0 Å². The zero-order valence-corrected chi connectivity index (χ0v) is 8.77. The summed E-state index contributed by atoms with van der Waals surface area (Å²) in [5, 5.41) is 0. The Labute approximate surface area is 88.3 Å². The highest BCUT2D eigenvalue weighted by molar-refractivity contribution is 5.29. The van der Waals surface area contributed by atoms with Gasteiger partial charge in [-0.2, -0.15) is 0 Å². The van der Waals surface area contributed by atoms with E-state index in [0.717, 1.165) is 0 Å². The van der Waals surface area contributed by atoms with E-state index in [1.807, 2.05) is 0 Å². The molecule has 3 heteroatoms. The maximum Gasteiger partial charge on any atom is 0.133 e. The van der Waals surface area contributed by atoms with E-state index in [1.54, 1.807) is 13.8 Å². The van der Waals surface area contributed by atoms with E-state index in [1.165, 1.54) is 12.1 Å². The average Bonchev–Trinajstić information content (AvgIpc) is 2.21. The highest BCUT2D eigenvalue weighted by atomic mass is 19.1. The van der Waals surface area contributed by atoms with Gasteiger partial charge in [0.25, 0.3) is 0 Å². The van der Waals surface area contributed by atoms with Crippen molar-refractivity contribution in [2.45, 2.75) is 26.3 Å². The van der Waals surface area contributed by atoms with Gasteiger partial charge in [-0.15, -0.1) is 11.8 Å². The van der Waals surface area contributed by atoms with E-state index < -0.39 is 17.7 Å². The zero-order valence-electron chi connectivity index (χ0n) is 8.77. The van der Waals surface area contributed by atoms with Crippen LogP contribution in [-0.2, 0) is 0 Å². The number of rotatable bonds is 2. The first-order valence-electron chi connectivity index (χ1n) is 4.67. The Bertz CT molecular complexity index is 416. The molecule has 0 aliphatic rings. The van der Waals surface area contributed by atoms with Gasteiger partial charge in [0.05, 0.1) is 0 Å². The highest BCUT2D eigenvalue weighted by Crippen LogP contribution is 2.23. The van der Waals surface area contributed by atoms with Gasteiger partial charge in [0.15, 0.2) is 0 Å². The van der Waals surface area contributed by atoms with Gasteiger partial charge in [0.2, 0.25) is 0 Å². The molecule has 0 amide bonds. The molecule has 1 aromatic carbocycles. The first kappa shape index (κ1) is 11.7. The second-order valence-electron chi connectivity index (χ2n) is 3.33. The Morgan fingerprint density at radius 1 is 1.40 bits per heavy atom. The van der Waals surface area contributed by atoms with Crippen molar-refractivity contribution < 1.29 is 8.78 Å². The van der Waals surface area contributed by atoms with Gasteiger partial charge in [-0.25, -0.2) is 8.78 Å². The molecule has 0 bridgehead atoms. The van der Waals surface area contributed by atoms with Crippen LogP contribution in [0.1, 0.15) is 30.5 Å². The van der Waals surface area contributed by atoms with E-state index >= 15 is 0 Å². The van der Waals surface area contributed by atoms with Crippen molar-refractivity contribution in [3.05, 3.63) is 34.9 Å². The van der Waals surface area contributed by atoms with Gasteiger partial charge in [0.1, 0.15) is 11.6 Å². The Morgan fingerprint density at radius 2 is 2.07 bits per heavy atom. The molecular weight excluding hydrogens is 196 g/mol. The molecule has 1 unspecified atom stereocenters. The van der Waals surface area contributed by atoms with Gasteiger partial charge in [-0.05, 0) is 25.5 Å². The van der Waals surface area contributed by atoms with Crippen molar-refractivity contribution in [1.29, 1.82) is 0 Å². The van der Waals surface area contributed by atoms with Crippen LogP contribution in [0.4, 0.5) is 8.78 Å². The molecule has 0 spiro atoms. The largest absolute Gasteiger partial charge is 0.323 e. The maximum absolute atomic E-state index is 13.6. The van der Waals surface area contributed by atoms with Crippen LogP contribution >= 0.6 is 0 Å². The second kappa shape index (κ2) is 4.90. The van der Waals surface area contributed by atoms with Crippen molar-refractivity contribution in [3.8, 4) is 11.8 Å². The molecular formula is C12H13F2N. The lowest BCUT2D eigenvalue weighted by atomic mass is 10.0. The number of nitrogens with two attached hydrogens (primary N) is 1. The normalized spacial score (nSPS) is 11.8. The molecule has 2 N–H and O–H groups in total. The fourth-order valence-corrected chi connectivity index (χ4v) is 1.33. The second-order valence-corrected chi connectivity index (χ2v) is 3.33. The van der Waals surface area contributed by atoms with Gasteiger partial charge < -0.3 is 5.73 Å². The molecule has 1 rings (SSSR count). The summed E-state index contributed by atoms with van der Waals surface area (Å²) >= 11 is 0. The quantitative estimate of drug-likeness (QED) is 0.744. The maximum atomic E-state index is 13.6. The van der Waals surface area contributed by atoms with Crippen LogP contribution in [-0.4, -0.2) is 0 Å². The lowest BCUT2D eigenvalue weighted by Crippen LogP contribution is -2.14. The number of hydrogen-bond acceptors (Lipinski definition) is 1. The molecule has 1 atom stereocenters. The number of hydrogen-bond donors (Lipinski definition) is 1. The summed E-state index contributed by atoms with van der Waals surface area (Å²) in [6, 6.07) is 1.91. The molecule has 0 aliphatic carbocycles. The predicted molar refractivity (Wildman–Crippen MR) is 56.1 cm³/mol. The molecule has 0 aliphatic heterocycles. The van der Waals surface area contributed by atoms with Gasteiger partial charge in [-0.3, -0.25) is 0 Å². The SMILES string of the molecule is CC#CCC(N)c1c(F)ccc(C)c1F. The van der Waals surface area contributed by atoms with Crippen LogP contribution < -0.4 is 5.73 Å². The topological polar surface area (TPSA) is 26.0 Å². The van der Waals surface area contributed by atoms with Gasteiger partial charge in [-0.1, -0.05) is 6.07 Å². The highest BCUT2D eigenvalue weighted by Gasteiger charge is 2.17.